The highest BCUT2D eigenvalue weighted by Crippen LogP contribution is 2.24. The Hall–Kier alpha value is -2.00. The zero-order valence-corrected chi connectivity index (χ0v) is 14.8. The predicted molar refractivity (Wildman–Crippen MR) is 91.4 cm³/mol. The van der Waals surface area contributed by atoms with Crippen LogP contribution in [0.4, 0.5) is 5.13 Å². The van der Waals surface area contributed by atoms with E-state index in [9.17, 15) is 0 Å². The Bertz CT molecular complexity index is 791. The molecule has 1 aliphatic rings. The highest BCUT2D eigenvalue weighted by Gasteiger charge is 2.20. The summed E-state index contributed by atoms with van der Waals surface area (Å²) in [4.78, 5) is 14.6. The lowest BCUT2D eigenvalue weighted by atomic mass is 10.4. The van der Waals surface area contributed by atoms with Gasteiger partial charge in [-0.3, -0.25) is 4.90 Å². The summed E-state index contributed by atoms with van der Waals surface area (Å²) in [7, 11) is 0. The molecule has 0 N–H and O–H groups in total. The van der Waals surface area contributed by atoms with Crippen molar-refractivity contribution in [1.82, 2.24) is 29.6 Å². The lowest BCUT2D eigenvalue weighted by Gasteiger charge is -2.19. The van der Waals surface area contributed by atoms with Crippen molar-refractivity contribution in [3.63, 3.8) is 0 Å². The first kappa shape index (κ1) is 15.5. The average Bonchev–Trinajstić information content (AvgIpc) is 3.19. The van der Waals surface area contributed by atoms with Crippen molar-refractivity contribution < 1.29 is 4.52 Å². The van der Waals surface area contributed by atoms with Gasteiger partial charge in [0.25, 0.3) is 0 Å². The van der Waals surface area contributed by atoms with E-state index in [-0.39, 0.29) is 0 Å². The van der Waals surface area contributed by atoms with Gasteiger partial charge in [0, 0.05) is 32.6 Å². The first-order chi connectivity index (χ1) is 11.7. The number of aromatic nitrogens is 5. The Kier molecular flexibility index (Phi) is 4.19. The normalized spacial score (nSPS) is 16.8. The highest BCUT2D eigenvalue weighted by atomic mass is 32.1. The summed E-state index contributed by atoms with van der Waals surface area (Å²) in [5, 5.41) is 9.77. The second-order valence-electron chi connectivity index (χ2n) is 6.07. The summed E-state index contributed by atoms with van der Waals surface area (Å²) in [6, 6.07) is 0. The van der Waals surface area contributed by atoms with Gasteiger partial charge < -0.3 is 9.42 Å². The number of rotatable bonds is 4. The fraction of sp³-hybridized carbons (Fsp3) is 0.600. The van der Waals surface area contributed by atoms with E-state index in [0.29, 0.717) is 5.89 Å². The van der Waals surface area contributed by atoms with Crippen molar-refractivity contribution in [2.75, 3.05) is 31.1 Å². The van der Waals surface area contributed by atoms with Crippen molar-refractivity contribution in [2.24, 2.45) is 0 Å². The van der Waals surface area contributed by atoms with E-state index < -0.39 is 0 Å². The SMILES string of the molecule is CCc1nc(CN2CCCN(c3nn4cc(C)nc4s3)CC2)no1. The van der Waals surface area contributed by atoms with Gasteiger partial charge in [-0.05, 0) is 13.3 Å². The molecule has 1 fully saturated rings. The summed E-state index contributed by atoms with van der Waals surface area (Å²) in [6.07, 6.45) is 3.85. The Morgan fingerprint density at radius 3 is 2.92 bits per heavy atom. The van der Waals surface area contributed by atoms with Gasteiger partial charge in [0.1, 0.15) is 0 Å². The fourth-order valence-electron chi connectivity index (χ4n) is 2.94. The molecule has 8 nitrogen and oxygen atoms in total. The molecule has 0 unspecified atom stereocenters. The minimum Gasteiger partial charge on any atom is -0.345 e. The van der Waals surface area contributed by atoms with E-state index in [1.165, 1.54) is 0 Å². The number of anilines is 1. The molecular formula is C15H21N7OS. The smallest absolute Gasteiger partial charge is 0.226 e. The maximum atomic E-state index is 5.20. The molecule has 4 heterocycles. The molecule has 1 aliphatic heterocycles. The number of aryl methyl sites for hydroxylation is 2. The third kappa shape index (κ3) is 3.13. The van der Waals surface area contributed by atoms with Crippen LogP contribution >= 0.6 is 11.3 Å². The van der Waals surface area contributed by atoms with Crippen LogP contribution in [0.15, 0.2) is 10.7 Å². The standard InChI is InChI=1S/C15H21N7OS/c1-3-13-17-12(19-23-13)10-20-5-4-6-21(8-7-20)15-18-22-9-11(2)16-14(22)24-15/h9H,3-8,10H2,1-2H3. The van der Waals surface area contributed by atoms with E-state index in [0.717, 1.165) is 67.2 Å². The van der Waals surface area contributed by atoms with Crippen molar-refractivity contribution in [2.45, 2.75) is 33.2 Å². The highest BCUT2D eigenvalue weighted by molar-refractivity contribution is 7.20. The molecule has 24 heavy (non-hydrogen) atoms. The first-order valence-corrected chi connectivity index (χ1v) is 9.14. The van der Waals surface area contributed by atoms with Gasteiger partial charge in [-0.1, -0.05) is 23.4 Å². The molecule has 4 rings (SSSR count). The molecule has 0 radical (unpaired) electrons. The second-order valence-corrected chi connectivity index (χ2v) is 7.00. The molecule has 3 aromatic heterocycles. The van der Waals surface area contributed by atoms with E-state index in [2.05, 4.69) is 30.0 Å². The molecule has 0 atom stereocenters. The van der Waals surface area contributed by atoms with Crippen LogP contribution < -0.4 is 4.90 Å². The monoisotopic (exact) mass is 347 g/mol. The molecule has 128 valence electrons. The van der Waals surface area contributed by atoms with Crippen molar-refractivity contribution >= 4 is 21.4 Å². The number of hydrogen-bond acceptors (Lipinski definition) is 8. The zero-order valence-electron chi connectivity index (χ0n) is 14.0. The summed E-state index contributed by atoms with van der Waals surface area (Å²) in [5.74, 6) is 1.49. The number of nitrogens with zero attached hydrogens (tertiary/aromatic N) is 7. The van der Waals surface area contributed by atoms with Crippen molar-refractivity contribution in [3.05, 3.63) is 23.6 Å². The summed E-state index contributed by atoms with van der Waals surface area (Å²) < 4.78 is 7.07. The molecule has 9 heteroatoms. The summed E-state index contributed by atoms with van der Waals surface area (Å²) in [6.45, 7) is 8.73. The third-order valence-electron chi connectivity index (χ3n) is 4.19. The Morgan fingerprint density at radius 2 is 2.12 bits per heavy atom. The van der Waals surface area contributed by atoms with Crippen LogP contribution in [0.3, 0.4) is 0 Å². The van der Waals surface area contributed by atoms with Crippen LogP contribution in [0.5, 0.6) is 0 Å². The lowest BCUT2D eigenvalue weighted by Crippen LogP contribution is -2.30. The van der Waals surface area contributed by atoms with E-state index in [1.54, 1.807) is 11.3 Å². The van der Waals surface area contributed by atoms with Crippen LogP contribution in [0.25, 0.3) is 4.96 Å². The van der Waals surface area contributed by atoms with Gasteiger partial charge in [0.15, 0.2) is 5.82 Å². The number of fused-ring (bicyclic) bond motifs is 1. The van der Waals surface area contributed by atoms with Gasteiger partial charge in [0.2, 0.25) is 16.0 Å². The predicted octanol–water partition coefficient (Wildman–Crippen LogP) is 1.76. The van der Waals surface area contributed by atoms with Crippen molar-refractivity contribution in [1.29, 1.82) is 0 Å². The maximum Gasteiger partial charge on any atom is 0.226 e. The topological polar surface area (TPSA) is 75.6 Å². The minimum absolute atomic E-state index is 0.711. The summed E-state index contributed by atoms with van der Waals surface area (Å²) >= 11 is 1.65. The van der Waals surface area contributed by atoms with E-state index in [4.69, 9.17) is 4.52 Å². The Balaban J connectivity index is 1.40. The molecule has 1 saturated heterocycles. The third-order valence-corrected chi connectivity index (χ3v) is 5.17. The maximum absolute atomic E-state index is 5.20. The van der Waals surface area contributed by atoms with Gasteiger partial charge in [-0.15, -0.1) is 5.10 Å². The fourth-order valence-corrected chi connectivity index (χ4v) is 3.93. The number of hydrogen-bond donors (Lipinski definition) is 0. The van der Waals surface area contributed by atoms with Crippen LogP contribution in [0, 0.1) is 6.92 Å². The second kappa shape index (κ2) is 6.48. The molecule has 0 bridgehead atoms. The van der Waals surface area contributed by atoms with Crippen LogP contribution in [0.2, 0.25) is 0 Å². The van der Waals surface area contributed by atoms with Gasteiger partial charge in [0.05, 0.1) is 18.4 Å². The van der Waals surface area contributed by atoms with Crippen LogP contribution in [-0.4, -0.2) is 55.8 Å². The van der Waals surface area contributed by atoms with Gasteiger partial charge >= 0.3 is 0 Å². The van der Waals surface area contributed by atoms with Crippen LogP contribution in [0.1, 0.15) is 30.8 Å². The summed E-state index contributed by atoms with van der Waals surface area (Å²) in [5.41, 5.74) is 1.01. The van der Waals surface area contributed by atoms with Crippen LogP contribution in [-0.2, 0) is 13.0 Å². The Labute approximate surface area is 144 Å². The number of imidazole rings is 1. The molecule has 0 spiro atoms. The molecule has 3 aromatic rings. The van der Waals surface area contributed by atoms with Gasteiger partial charge in [-0.2, -0.15) is 4.98 Å². The van der Waals surface area contributed by atoms with Crippen molar-refractivity contribution in [3.8, 4) is 0 Å². The molecular weight excluding hydrogens is 326 g/mol. The molecule has 0 amide bonds. The van der Waals surface area contributed by atoms with E-state index >= 15 is 0 Å². The molecule has 0 aromatic carbocycles. The molecule has 0 aliphatic carbocycles. The quantitative estimate of drug-likeness (QED) is 0.712. The van der Waals surface area contributed by atoms with Gasteiger partial charge in [-0.25, -0.2) is 9.50 Å². The Morgan fingerprint density at radius 1 is 1.21 bits per heavy atom. The first-order valence-electron chi connectivity index (χ1n) is 8.33. The molecule has 0 saturated carbocycles. The van der Waals surface area contributed by atoms with E-state index in [1.807, 2.05) is 24.6 Å². The zero-order chi connectivity index (χ0) is 16.5. The largest absolute Gasteiger partial charge is 0.345 e. The lowest BCUT2D eigenvalue weighted by molar-refractivity contribution is 0.271. The average molecular weight is 347 g/mol. The minimum atomic E-state index is 0.711.